The largest absolute Gasteiger partial charge is 0.506 e. The summed E-state index contributed by atoms with van der Waals surface area (Å²) >= 11 is 6.28. The molecule has 2 aromatic rings. The van der Waals surface area contributed by atoms with Crippen molar-refractivity contribution in [2.45, 2.75) is 63.6 Å². The Bertz CT molecular complexity index is 1540. The van der Waals surface area contributed by atoms with Crippen LogP contribution in [0.1, 0.15) is 42.4 Å². The van der Waals surface area contributed by atoms with Crippen LogP contribution in [0.2, 0.25) is 5.02 Å². The number of nitrogens with zero attached hydrogens (tertiary/aromatic N) is 5. The molecule has 0 aliphatic carbocycles. The molecule has 270 valence electrons. The highest BCUT2D eigenvalue weighted by Gasteiger charge is 2.36. The Balaban J connectivity index is 1.06. The van der Waals surface area contributed by atoms with Crippen molar-refractivity contribution in [3.05, 3.63) is 58.1 Å². The third kappa shape index (κ3) is 8.44. The van der Waals surface area contributed by atoms with Crippen LogP contribution >= 0.6 is 11.6 Å². The number of benzene rings is 2. The smallest absolute Gasteiger partial charge is 0.410 e. The van der Waals surface area contributed by atoms with Gasteiger partial charge < -0.3 is 35.0 Å². The van der Waals surface area contributed by atoms with E-state index in [0.717, 1.165) is 43.6 Å². The van der Waals surface area contributed by atoms with Crippen molar-refractivity contribution in [2.24, 2.45) is 0 Å². The molecular weight excluding hydrogens is 664 g/mol. The lowest BCUT2D eigenvalue weighted by atomic mass is 10.00. The van der Waals surface area contributed by atoms with E-state index in [4.69, 9.17) is 21.4 Å². The molecule has 4 heterocycles. The number of hydrogen-bond acceptors (Lipinski definition) is 8. The molecule has 0 bridgehead atoms. The van der Waals surface area contributed by atoms with Crippen LogP contribution < -0.4 is 5.32 Å². The van der Waals surface area contributed by atoms with Crippen molar-refractivity contribution < 1.29 is 34.1 Å². The second-order valence-electron chi connectivity index (χ2n) is 13.8. The van der Waals surface area contributed by atoms with E-state index in [1.807, 2.05) is 34.1 Å². The van der Waals surface area contributed by atoms with Gasteiger partial charge in [-0.1, -0.05) is 35.9 Å². The first-order chi connectivity index (χ1) is 24.0. The summed E-state index contributed by atoms with van der Waals surface area (Å²) in [6.07, 6.45) is 1.97. The number of fused-ring (bicyclic) bond motifs is 1. The number of halogens is 1. The van der Waals surface area contributed by atoms with Gasteiger partial charge >= 0.3 is 18.1 Å². The molecule has 13 nitrogen and oxygen atoms in total. The van der Waals surface area contributed by atoms with E-state index >= 15 is 0 Å². The number of anilines is 1. The van der Waals surface area contributed by atoms with E-state index < -0.39 is 18.2 Å². The van der Waals surface area contributed by atoms with Crippen LogP contribution in [-0.4, -0.2) is 142 Å². The molecule has 4 aliphatic rings. The lowest BCUT2D eigenvalue weighted by molar-refractivity contribution is -0.142. The standard InChI is InChI=1S/C36H47ClN6O7/c1-24-20-25(21-29(37)33(24)46)22-31(34(47)41-11-7-27(8-12-41)40-18-16-39(17-19-40)23-32(44)45)50-36(49)42-13-9-28(10-14-42)43-15-6-26-4-2-3-5-30(26)38-35(43)48/h2-5,20-21,27-28,31,46H,6-19,22-23H2,1H3,(H,38,48)(H,44,45)/t31-/m1/s1. The number of rotatable bonds is 8. The Morgan fingerprint density at radius 1 is 0.920 bits per heavy atom. The third-order valence-corrected chi connectivity index (χ3v) is 10.9. The summed E-state index contributed by atoms with van der Waals surface area (Å²) in [5.41, 5.74) is 3.18. The van der Waals surface area contributed by atoms with Crippen molar-refractivity contribution >= 4 is 41.3 Å². The number of carboxylic acids is 1. The van der Waals surface area contributed by atoms with Gasteiger partial charge in [0.1, 0.15) is 5.75 Å². The lowest BCUT2D eigenvalue weighted by Crippen LogP contribution is -2.55. The average molecular weight is 711 g/mol. The molecular formula is C36H47ClN6O7. The van der Waals surface area contributed by atoms with Gasteiger partial charge in [-0.2, -0.15) is 0 Å². The van der Waals surface area contributed by atoms with Gasteiger partial charge in [-0.05, 0) is 67.9 Å². The van der Waals surface area contributed by atoms with Gasteiger partial charge in [-0.25, -0.2) is 9.59 Å². The Hall–Kier alpha value is -4.07. The number of piperazine rings is 1. The van der Waals surface area contributed by atoms with Crippen molar-refractivity contribution in [3.63, 3.8) is 0 Å². The Kier molecular flexibility index (Phi) is 11.3. The van der Waals surface area contributed by atoms with Gasteiger partial charge in [-0.3, -0.25) is 19.4 Å². The van der Waals surface area contributed by atoms with Crippen molar-refractivity contribution in [1.29, 1.82) is 0 Å². The number of carbonyl (C=O) groups is 4. The van der Waals surface area contributed by atoms with Crippen LogP contribution in [0.3, 0.4) is 0 Å². The molecule has 1 atom stereocenters. The molecule has 14 heteroatoms. The second kappa shape index (κ2) is 15.9. The fourth-order valence-corrected chi connectivity index (χ4v) is 8.04. The topological polar surface area (TPSA) is 146 Å². The number of aliphatic carboxylic acids is 1. The maximum atomic E-state index is 14.0. The molecule has 0 saturated carbocycles. The number of para-hydroxylation sites is 1. The van der Waals surface area contributed by atoms with Crippen LogP contribution in [-0.2, 0) is 27.2 Å². The predicted octanol–water partition coefficient (Wildman–Crippen LogP) is 3.65. The van der Waals surface area contributed by atoms with E-state index in [1.165, 1.54) is 0 Å². The van der Waals surface area contributed by atoms with Crippen LogP contribution in [0.25, 0.3) is 0 Å². The third-order valence-electron chi connectivity index (χ3n) is 10.6. The van der Waals surface area contributed by atoms with Gasteiger partial charge in [0, 0.05) is 83.1 Å². The fraction of sp³-hybridized carbons (Fsp3) is 0.556. The highest BCUT2D eigenvalue weighted by atomic mass is 35.5. The van der Waals surface area contributed by atoms with Gasteiger partial charge in [0.15, 0.2) is 6.10 Å². The number of amides is 4. The van der Waals surface area contributed by atoms with Crippen molar-refractivity contribution in [3.8, 4) is 5.75 Å². The Morgan fingerprint density at radius 2 is 1.58 bits per heavy atom. The number of phenolic OH excluding ortho intramolecular Hbond substituents is 1. The molecule has 4 aliphatic heterocycles. The summed E-state index contributed by atoms with van der Waals surface area (Å²) in [5, 5.41) is 22.5. The summed E-state index contributed by atoms with van der Waals surface area (Å²) in [5.74, 6) is -1.10. The minimum absolute atomic E-state index is 0.0191. The molecule has 0 radical (unpaired) electrons. The van der Waals surface area contributed by atoms with Crippen LogP contribution in [0.15, 0.2) is 36.4 Å². The minimum atomic E-state index is -1.08. The lowest BCUT2D eigenvalue weighted by Gasteiger charge is -2.43. The van der Waals surface area contributed by atoms with E-state index in [1.54, 1.807) is 28.9 Å². The summed E-state index contributed by atoms with van der Waals surface area (Å²) in [6.45, 7) is 7.21. The molecule has 3 N–H and O–H groups in total. The Morgan fingerprint density at radius 3 is 2.26 bits per heavy atom. The SMILES string of the molecule is Cc1cc(C[C@@H](OC(=O)N2CCC(N3CCc4ccccc4NC3=O)CC2)C(=O)N2CCC(N3CCN(CC(=O)O)CC3)CC2)cc(Cl)c1O. The minimum Gasteiger partial charge on any atom is -0.506 e. The number of piperidine rings is 2. The van der Waals surface area contributed by atoms with Gasteiger partial charge in [0.05, 0.1) is 11.6 Å². The zero-order chi connectivity index (χ0) is 35.4. The van der Waals surface area contributed by atoms with Gasteiger partial charge in [-0.15, -0.1) is 0 Å². The van der Waals surface area contributed by atoms with Crippen molar-refractivity contribution in [2.75, 3.05) is 70.8 Å². The summed E-state index contributed by atoms with van der Waals surface area (Å²) in [4.78, 5) is 61.4. The zero-order valence-corrected chi connectivity index (χ0v) is 29.3. The number of carbonyl (C=O) groups excluding carboxylic acids is 3. The maximum Gasteiger partial charge on any atom is 0.410 e. The molecule has 4 amide bonds. The number of nitrogens with one attached hydrogen (secondary N) is 1. The number of likely N-dealkylation sites (tertiary alicyclic amines) is 2. The maximum absolute atomic E-state index is 14.0. The van der Waals surface area contributed by atoms with Crippen LogP contribution in [0.4, 0.5) is 15.3 Å². The second-order valence-corrected chi connectivity index (χ2v) is 14.2. The van der Waals surface area contributed by atoms with E-state index in [9.17, 15) is 24.3 Å². The Labute approximate surface area is 297 Å². The van der Waals surface area contributed by atoms with E-state index in [0.29, 0.717) is 75.8 Å². The molecule has 50 heavy (non-hydrogen) atoms. The van der Waals surface area contributed by atoms with Crippen molar-refractivity contribution in [1.82, 2.24) is 24.5 Å². The van der Waals surface area contributed by atoms with E-state index in [2.05, 4.69) is 10.2 Å². The highest BCUT2D eigenvalue weighted by Crippen LogP contribution is 2.30. The average Bonchev–Trinajstić information content (AvgIpc) is 3.28. The van der Waals surface area contributed by atoms with Crippen LogP contribution in [0.5, 0.6) is 5.75 Å². The quantitative estimate of drug-likeness (QED) is 0.374. The number of urea groups is 1. The van der Waals surface area contributed by atoms with E-state index in [-0.39, 0.29) is 41.7 Å². The molecule has 2 aromatic carbocycles. The molecule has 0 spiro atoms. The zero-order valence-electron chi connectivity index (χ0n) is 28.6. The molecule has 3 saturated heterocycles. The van der Waals surface area contributed by atoms with Gasteiger partial charge in [0.25, 0.3) is 5.91 Å². The van der Waals surface area contributed by atoms with Gasteiger partial charge in [0.2, 0.25) is 0 Å². The molecule has 6 rings (SSSR count). The summed E-state index contributed by atoms with van der Waals surface area (Å²) < 4.78 is 6.00. The number of aromatic hydroxyl groups is 1. The number of phenols is 1. The first kappa shape index (κ1) is 35.7. The number of carboxylic acid groups (broad SMARTS) is 1. The predicted molar refractivity (Wildman–Crippen MR) is 188 cm³/mol. The first-order valence-electron chi connectivity index (χ1n) is 17.6. The molecule has 0 unspecified atom stereocenters. The number of hydrogen-bond donors (Lipinski definition) is 3. The number of aryl methyl sites for hydroxylation is 1. The highest BCUT2D eigenvalue weighted by molar-refractivity contribution is 6.32. The fourth-order valence-electron chi connectivity index (χ4n) is 7.75. The van der Waals surface area contributed by atoms with Crippen LogP contribution in [0, 0.1) is 6.92 Å². The number of ether oxygens (including phenoxy) is 1. The summed E-state index contributed by atoms with van der Waals surface area (Å²) in [7, 11) is 0. The first-order valence-corrected chi connectivity index (χ1v) is 18.0. The normalized spacial score (nSPS) is 20.5. The summed E-state index contributed by atoms with van der Waals surface area (Å²) in [6, 6.07) is 11.3. The molecule has 3 fully saturated rings. The molecule has 0 aromatic heterocycles. The monoisotopic (exact) mass is 710 g/mol.